The molecule has 0 aliphatic heterocycles. The molecule has 1 amide bonds. The van der Waals surface area contributed by atoms with Crippen LogP contribution in [0.15, 0.2) is 36.1 Å². The maximum absolute atomic E-state index is 13.0. The van der Waals surface area contributed by atoms with Gasteiger partial charge in [0.2, 0.25) is 5.76 Å². The van der Waals surface area contributed by atoms with Gasteiger partial charge in [-0.25, -0.2) is 9.18 Å². The largest absolute Gasteiger partial charge is 0.502 e. The van der Waals surface area contributed by atoms with Gasteiger partial charge >= 0.3 is 5.97 Å². The SMILES string of the molecule is COC(=O)/C(O)=C/C(=O)N(C)Cc1cccc(F)c1. The molecule has 0 saturated carbocycles. The number of amides is 1. The number of likely N-dealkylation sites (N-methyl/N-ethyl adjacent to an activating group) is 1. The van der Waals surface area contributed by atoms with Gasteiger partial charge in [0.1, 0.15) is 5.82 Å². The summed E-state index contributed by atoms with van der Waals surface area (Å²) in [6.07, 6.45) is 0.755. The van der Waals surface area contributed by atoms with Gasteiger partial charge in [-0.1, -0.05) is 12.1 Å². The second kappa shape index (κ2) is 6.53. The van der Waals surface area contributed by atoms with E-state index >= 15 is 0 Å². The minimum atomic E-state index is -0.993. The summed E-state index contributed by atoms with van der Waals surface area (Å²) in [5.41, 5.74) is 0.599. The smallest absolute Gasteiger partial charge is 0.373 e. The van der Waals surface area contributed by atoms with Crippen molar-refractivity contribution in [2.24, 2.45) is 0 Å². The van der Waals surface area contributed by atoms with Gasteiger partial charge in [0.25, 0.3) is 5.91 Å². The zero-order chi connectivity index (χ0) is 14.4. The van der Waals surface area contributed by atoms with Crippen molar-refractivity contribution in [2.45, 2.75) is 6.54 Å². The van der Waals surface area contributed by atoms with E-state index in [1.165, 1.54) is 30.1 Å². The third-order valence-corrected chi connectivity index (χ3v) is 2.34. The Hall–Kier alpha value is -2.37. The molecular formula is C13H14FNO4. The Morgan fingerprint density at radius 3 is 2.74 bits per heavy atom. The highest BCUT2D eigenvalue weighted by Gasteiger charge is 2.13. The molecule has 1 aromatic rings. The number of methoxy groups -OCH3 is 1. The van der Waals surface area contributed by atoms with Gasteiger partial charge in [-0.3, -0.25) is 4.79 Å². The Labute approximate surface area is 109 Å². The summed E-state index contributed by atoms with van der Waals surface area (Å²) in [5.74, 6) is -2.76. The number of aliphatic hydroxyl groups excluding tert-OH is 1. The van der Waals surface area contributed by atoms with Crippen LogP contribution in [0.3, 0.4) is 0 Å². The highest BCUT2D eigenvalue weighted by atomic mass is 19.1. The van der Waals surface area contributed by atoms with Crippen molar-refractivity contribution >= 4 is 11.9 Å². The monoisotopic (exact) mass is 267 g/mol. The van der Waals surface area contributed by atoms with Crippen LogP contribution in [0.25, 0.3) is 0 Å². The fourth-order valence-corrected chi connectivity index (χ4v) is 1.38. The molecule has 0 aromatic heterocycles. The van der Waals surface area contributed by atoms with Crippen molar-refractivity contribution in [3.63, 3.8) is 0 Å². The molecule has 0 unspecified atom stereocenters. The first-order valence-electron chi connectivity index (χ1n) is 5.42. The Balaban J connectivity index is 2.70. The summed E-state index contributed by atoms with van der Waals surface area (Å²) >= 11 is 0. The number of hydrogen-bond acceptors (Lipinski definition) is 4. The average Bonchev–Trinajstić information content (AvgIpc) is 2.37. The van der Waals surface area contributed by atoms with E-state index in [1.54, 1.807) is 6.07 Å². The number of carbonyl (C=O) groups excluding carboxylic acids is 2. The van der Waals surface area contributed by atoms with Gasteiger partial charge in [-0.05, 0) is 17.7 Å². The van der Waals surface area contributed by atoms with E-state index in [9.17, 15) is 19.1 Å². The van der Waals surface area contributed by atoms with Gasteiger partial charge in [-0.15, -0.1) is 0 Å². The number of halogens is 1. The molecule has 5 nitrogen and oxygen atoms in total. The second-order valence-corrected chi connectivity index (χ2v) is 3.85. The van der Waals surface area contributed by atoms with Gasteiger partial charge < -0.3 is 14.7 Å². The number of aliphatic hydroxyl groups is 1. The Bertz CT molecular complexity index is 513. The lowest BCUT2D eigenvalue weighted by atomic mass is 10.2. The van der Waals surface area contributed by atoms with Crippen molar-refractivity contribution in [3.8, 4) is 0 Å². The number of ether oxygens (including phenoxy) is 1. The molecule has 6 heteroatoms. The first-order valence-corrected chi connectivity index (χ1v) is 5.42. The van der Waals surface area contributed by atoms with Crippen LogP contribution in [0.5, 0.6) is 0 Å². The summed E-state index contributed by atoms with van der Waals surface area (Å²) in [7, 11) is 2.56. The van der Waals surface area contributed by atoms with Crippen molar-refractivity contribution < 1.29 is 23.8 Å². The van der Waals surface area contributed by atoms with Crippen LogP contribution in [0.1, 0.15) is 5.56 Å². The van der Waals surface area contributed by atoms with Crippen molar-refractivity contribution in [2.75, 3.05) is 14.2 Å². The van der Waals surface area contributed by atoms with Crippen LogP contribution < -0.4 is 0 Å². The van der Waals surface area contributed by atoms with Crippen molar-refractivity contribution in [1.29, 1.82) is 0 Å². The minimum Gasteiger partial charge on any atom is -0.502 e. The van der Waals surface area contributed by atoms with E-state index in [4.69, 9.17) is 0 Å². The summed E-state index contributed by atoms with van der Waals surface area (Å²) < 4.78 is 17.2. The zero-order valence-electron chi connectivity index (χ0n) is 10.6. The number of hydrogen-bond donors (Lipinski definition) is 1. The van der Waals surface area contributed by atoms with E-state index in [0.717, 1.165) is 13.2 Å². The first kappa shape index (κ1) is 14.7. The molecule has 0 saturated heterocycles. The van der Waals surface area contributed by atoms with Crippen LogP contribution in [0.2, 0.25) is 0 Å². The molecule has 0 aliphatic carbocycles. The maximum Gasteiger partial charge on any atom is 0.373 e. The average molecular weight is 267 g/mol. The lowest BCUT2D eigenvalue weighted by Gasteiger charge is -2.15. The van der Waals surface area contributed by atoms with Crippen LogP contribution in [-0.2, 0) is 20.9 Å². The van der Waals surface area contributed by atoms with Crippen molar-refractivity contribution in [3.05, 3.63) is 47.5 Å². The molecule has 0 spiro atoms. The number of rotatable bonds is 4. The Morgan fingerprint density at radius 1 is 1.47 bits per heavy atom. The third-order valence-electron chi connectivity index (χ3n) is 2.34. The third kappa shape index (κ3) is 4.42. The normalized spacial score (nSPS) is 11.0. The predicted octanol–water partition coefficient (Wildman–Crippen LogP) is 1.40. The molecule has 0 heterocycles. The fraction of sp³-hybridized carbons (Fsp3) is 0.231. The highest BCUT2D eigenvalue weighted by Crippen LogP contribution is 2.07. The standard InChI is InChI=1S/C13H14FNO4/c1-15(8-9-4-3-5-10(14)6-9)12(17)7-11(16)13(18)19-2/h3-7,16H,8H2,1-2H3/b11-7-. The maximum atomic E-state index is 13.0. The predicted molar refractivity (Wildman–Crippen MR) is 65.6 cm³/mol. The van der Waals surface area contributed by atoms with Gasteiger partial charge in [-0.2, -0.15) is 0 Å². The van der Waals surface area contributed by atoms with Gasteiger partial charge in [0, 0.05) is 13.6 Å². The summed E-state index contributed by atoms with van der Waals surface area (Å²) in [6.45, 7) is 0.154. The van der Waals surface area contributed by atoms with Gasteiger partial charge in [0.05, 0.1) is 13.2 Å². The van der Waals surface area contributed by atoms with Crippen LogP contribution in [0, 0.1) is 5.82 Å². The molecule has 1 rings (SSSR count). The molecule has 0 bridgehead atoms. The number of nitrogens with zero attached hydrogens (tertiary/aromatic N) is 1. The van der Waals surface area contributed by atoms with E-state index in [0.29, 0.717) is 5.56 Å². The molecule has 102 valence electrons. The Morgan fingerprint density at radius 2 is 2.16 bits per heavy atom. The molecule has 0 atom stereocenters. The van der Waals surface area contributed by atoms with Crippen LogP contribution in [0.4, 0.5) is 4.39 Å². The lowest BCUT2D eigenvalue weighted by molar-refractivity contribution is -0.139. The van der Waals surface area contributed by atoms with E-state index < -0.39 is 23.5 Å². The number of benzene rings is 1. The second-order valence-electron chi connectivity index (χ2n) is 3.85. The molecule has 0 radical (unpaired) electrons. The summed E-state index contributed by atoms with van der Waals surface area (Å²) in [5, 5.41) is 9.23. The Kier molecular flexibility index (Phi) is 5.05. The lowest BCUT2D eigenvalue weighted by Crippen LogP contribution is -2.25. The van der Waals surface area contributed by atoms with E-state index in [-0.39, 0.29) is 6.54 Å². The van der Waals surface area contributed by atoms with Crippen LogP contribution in [-0.4, -0.2) is 36.0 Å². The molecule has 1 N–H and O–H groups in total. The quantitative estimate of drug-likeness (QED) is 0.508. The van der Waals surface area contributed by atoms with Gasteiger partial charge in [0.15, 0.2) is 0 Å². The minimum absolute atomic E-state index is 0.154. The summed E-state index contributed by atoms with van der Waals surface area (Å²) in [4.78, 5) is 23.8. The summed E-state index contributed by atoms with van der Waals surface area (Å²) in [6, 6.07) is 5.80. The molecule has 19 heavy (non-hydrogen) atoms. The van der Waals surface area contributed by atoms with Crippen LogP contribution >= 0.6 is 0 Å². The van der Waals surface area contributed by atoms with E-state index in [1.807, 2.05) is 0 Å². The molecule has 0 fully saturated rings. The fourth-order valence-electron chi connectivity index (χ4n) is 1.38. The molecule has 1 aromatic carbocycles. The zero-order valence-corrected chi connectivity index (χ0v) is 10.6. The number of esters is 1. The topological polar surface area (TPSA) is 66.8 Å². The highest BCUT2D eigenvalue weighted by molar-refractivity contribution is 5.96. The van der Waals surface area contributed by atoms with Crippen molar-refractivity contribution in [1.82, 2.24) is 4.90 Å². The number of carbonyl (C=O) groups is 2. The van der Waals surface area contributed by atoms with E-state index in [2.05, 4.69) is 4.74 Å². The molecule has 0 aliphatic rings. The molecular weight excluding hydrogens is 253 g/mol. The first-order chi connectivity index (χ1) is 8.93.